The molecule has 0 amide bonds. The monoisotopic (exact) mass is 362 g/mol. The normalized spacial score (nSPS) is 10.3. The number of carbonyl (C=O) groups excluding carboxylic acids is 1. The topological polar surface area (TPSA) is 81.5 Å². The van der Waals surface area contributed by atoms with E-state index in [1.165, 1.54) is 6.07 Å². The van der Waals surface area contributed by atoms with Crippen LogP contribution in [0.2, 0.25) is 0 Å². The third kappa shape index (κ3) is 4.12. The van der Waals surface area contributed by atoms with E-state index in [2.05, 4.69) is 5.32 Å². The van der Waals surface area contributed by atoms with Crippen LogP contribution in [0.15, 0.2) is 72.8 Å². The lowest BCUT2D eigenvalue weighted by Gasteiger charge is -2.11. The molecular formula is C21H18N2O4. The van der Waals surface area contributed by atoms with Gasteiger partial charge in [0, 0.05) is 29.3 Å². The number of para-hydroxylation sites is 1. The summed E-state index contributed by atoms with van der Waals surface area (Å²) in [5, 5.41) is 14.6. The van der Waals surface area contributed by atoms with Gasteiger partial charge in [0.1, 0.15) is 11.4 Å². The summed E-state index contributed by atoms with van der Waals surface area (Å²) >= 11 is 0. The SMILES string of the molecule is COc1ccccc1CNc1ccc(C(=O)c2ccccc2)cc1[N+](=O)[O-]. The molecule has 0 aromatic heterocycles. The van der Waals surface area contributed by atoms with Crippen molar-refractivity contribution < 1.29 is 14.5 Å². The van der Waals surface area contributed by atoms with Crippen LogP contribution in [0.25, 0.3) is 0 Å². The first kappa shape index (κ1) is 18.1. The standard InChI is InChI=1S/C21H18N2O4/c1-27-20-10-6-5-9-17(20)14-22-18-12-11-16(13-19(18)23(25)26)21(24)15-7-3-2-4-8-15/h2-13,22H,14H2,1H3. The average molecular weight is 362 g/mol. The number of nitro groups is 1. The van der Waals surface area contributed by atoms with E-state index in [-0.39, 0.29) is 17.0 Å². The van der Waals surface area contributed by atoms with Gasteiger partial charge < -0.3 is 10.1 Å². The highest BCUT2D eigenvalue weighted by Gasteiger charge is 2.18. The number of ether oxygens (including phenoxy) is 1. The van der Waals surface area contributed by atoms with Crippen LogP contribution in [-0.4, -0.2) is 17.8 Å². The lowest BCUT2D eigenvalue weighted by Crippen LogP contribution is -2.06. The largest absolute Gasteiger partial charge is 0.496 e. The van der Waals surface area contributed by atoms with Gasteiger partial charge in [-0.2, -0.15) is 0 Å². The van der Waals surface area contributed by atoms with E-state index in [0.29, 0.717) is 23.5 Å². The first-order valence-electron chi connectivity index (χ1n) is 8.34. The molecule has 0 saturated carbocycles. The number of rotatable bonds is 7. The molecule has 0 unspecified atom stereocenters. The van der Waals surface area contributed by atoms with Gasteiger partial charge in [-0.25, -0.2) is 0 Å². The van der Waals surface area contributed by atoms with Crippen LogP contribution in [0.1, 0.15) is 21.5 Å². The number of nitrogens with one attached hydrogen (secondary N) is 1. The van der Waals surface area contributed by atoms with E-state index in [4.69, 9.17) is 4.74 Å². The van der Waals surface area contributed by atoms with Crippen molar-refractivity contribution in [1.29, 1.82) is 0 Å². The van der Waals surface area contributed by atoms with E-state index >= 15 is 0 Å². The molecule has 3 rings (SSSR count). The van der Waals surface area contributed by atoms with E-state index < -0.39 is 4.92 Å². The Morgan fingerprint density at radius 2 is 1.70 bits per heavy atom. The highest BCUT2D eigenvalue weighted by Crippen LogP contribution is 2.28. The number of nitrogens with zero attached hydrogens (tertiary/aromatic N) is 1. The maximum atomic E-state index is 12.5. The molecule has 0 aliphatic heterocycles. The number of hydrogen-bond donors (Lipinski definition) is 1. The van der Waals surface area contributed by atoms with Crippen molar-refractivity contribution >= 4 is 17.2 Å². The fourth-order valence-electron chi connectivity index (χ4n) is 2.77. The molecule has 0 heterocycles. The van der Waals surface area contributed by atoms with Gasteiger partial charge in [-0.3, -0.25) is 14.9 Å². The molecule has 0 saturated heterocycles. The molecule has 0 spiro atoms. The van der Waals surface area contributed by atoms with Gasteiger partial charge in [-0.15, -0.1) is 0 Å². The molecular weight excluding hydrogens is 344 g/mol. The molecule has 0 atom stereocenters. The van der Waals surface area contributed by atoms with Gasteiger partial charge >= 0.3 is 0 Å². The van der Waals surface area contributed by atoms with Gasteiger partial charge in [-0.05, 0) is 18.2 Å². The van der Waals surface area contributed by atoms with Crippen molar-refractivity contribution in [1.82, 2.24) is 0 Å². The first-order valence-corrected chi connectivity index (χ1v) is 8.34. The third-order valence-corrected chi connectivity index (χ3v) is 4.15. The van der Waals surface area contributed by atoms with Crippen LogP contribution in [-0.2, 0) is 6.54 Å². The molecule has 0 radical (unpaired) electrons. The second-order valence-corrected chi connectivity index (χ2v) is 5.85. The van der Waals surface area contributed by atoms with Crippen molar-refractivity contribution in [2.75, 3.05) is 12.4 Å². The van der Waals surface area contributed by atoms with Crippen molar-refractivity contribution in [2.45, 2.75) is 6.54 Å². The van der Waals surface area contributed by atoms with Crippen LogP contribution < -0.4 is 10.1 Å². The zero-order valence-electron chi connectivity index (χ0n) is 14.7. The van der Waals surface area contributed by atoms with Crippen molar-refractivity contribution in [3.05, 3.63) is 99.6 Å². The molecule has 6 nitrogen and oxygen atoms in total. The number of hydrogen-bond acceptors (Lipinski definition) is 5. The second kappa shape index (κ2) is 8.14. The Morgan fingerprint density at radius 1 is 1.00 bits per heavy atom. The Balaban J connectivity index is 1.86. The Kier molecular flexibility index (Phi) is 5.47. The van der Waals surface area contributed by atoms with E-state index in [9.17, 15) is 14.9 Å². The Hall–Kier alpha value is -3.67. The quantitative estimate of drug-likeness (QED) is 0.382. The summed E-state index contributed by atoms with van der Waals surface area (Å²) in [4.78, 5) is 23.5. The highest BCUT2D eigenvalue weighted by molar-refractivity contribution is 6.09. The van der Waals surface area contributed by atoms with Crippen LogP contribution >= 0.6 is 0 Å². The molecule has 3 aromatic carbocycles. The van der Waals surface area contributed by atoms with Gasteiger partial charge in [0.25, 0.3) is 5.69 Å². The van der Waals surface area contributed by atoms with Gasteiger partial charge in [-0.1, -0.05) is 48.5 Å². The molecule has 3 aromatic rings. The minimum atomic E-state index is -0.494. The van der Waals surface area contributed by atoms with Crippen LogP contribution in [0, 0.1) is 10.1 Å². The van der Waals surface area contributed by atoms with Crippen LogP contribution in [0.5, 0.6) is 5.75 Å². The average Bonchev–Trinajstić information content (AvgIpc) is 2.72. The number of methoxy groups -OCH3 is 1. The fraction of sp³-hybridized carbons (Fsp3) is 0.0952. The number of nitro benzene ring substituents is 1. The smallest absolute Gasteiger partial charge is 0.293 e. The fourth-order valence-corrected chi connectivity index (χ4v) is 2.77. The Morgan fingerprint density at radius 3 is 2.41 bits per heavy atom. The number of benzene rings is 3. The molecule has 136 valence electrons. The summed E-state index contributed by atoms with van der Waals surface area (Å²) < 4.78 is 5.29. The molecule has 0 bridgehead atoms. The lowest BCUT2D eigenvalue weighted by atomic mass is 10.0. The number of anilines is 1. The zero-order valence-corrected chi connectivity index (χ0v) is 14.7. The van der Waals surface area contributed by atoms with Crippen molar-refractivity contribution in [3.8, 4) is 5.75 Å². The molecule has 0 aliphatic rings. The number of ketones is 1. The first-order chi connectivity index (χ1) is 13.1. The van der Waals surface area contributed by atoms with E-state index in [0.717, 1.165) is 5.56 Å². The predicted octanol–water partition coefficient (Wildman–Crippen LogP) is 4.45. The van der Waals surface area contributed by atoms with Crippen LogP contribution in [0.4, 0.5) is 11.4 Å². The maximum absolute atomic E-state index is 12.5. The lowest BCUT2D eigenvalue weighted by molar-refractivity contribution is -0.384. The Labute approximate surface area is 156 Å². The predicted molar refractivity (Wildman–Crippen MR) is 103 cm³/mol. The summed E-state index contributed by atoms with van der Waals surface area (Å²) in [7, 11) is 1.57. The summed E-state index contributed by atoms with van der Waals surface area (Å²) in [6.45, 7) is 0.358. The summed E-state index contributed by atoms with van der Waals surface area (Å²) in [6.07, 6.45) is 0. The van der Waals surface area contributed by atoms with Gasteiger partial charge in [0.15, 0.2) is 5.78 Å². The Bertz CT molecular complexity index is 971. The van der Waals surface area contributed by atoms with E-state index in [1.807, 2.05) is 30.3 Å². The summed E-state index contributed by atoms with van der Waals surface area (Å²) in [5.41, 5.74) is 1.83. The van der Waals surface area contributed by atoms with Gasteiger partial charge in [0.2, 0.25) is 0 Å². The van der Waals surface area contributed by atoms with Crippen LogP contribution in [0.3, 0.4) is 0 Å². The molecule has 0 aliphatic carbocycles. The van der Waals surface area contributed by atoms with E-state index in [1.54, 1.807) is 43.5 Å². The van der Waals surface area contributed by atoms with Crippen molar-refractivity contribution in [3.63, 3.8) is 0 Å². The third-order valence-electron chi connectivity index (χ3n) is 4.15. The minimum absolute atomic E-state index is 0.147. The van der Waals surface area contributed by atoms with Gasteiger partial charge in [0.05, 0.1) is 12.0 Å². The molecule has 27 heavy (non-hydrogen) atoms. The minimum Gasteiger partial charge on any atom is -0.496 e. The zero-order chi connectivity index (χ0) is 19.2. The van der Waals surface area contributed by atoms with Crippen molar-refractivity contribution in [2.24, 2.45) is 0 Å². The highest BCUT2D eigenvalue weighted by atomic mass is 16.6. The number of carbonyl (C=O) groups is 1. The summed E-state index contributed by atoms with van der Waals surface area (Å²) in [5.74, 6) is 0.443. The molecule has 1 N–H and O–H groups in total. The maximum Gasteiger partial charge on any atom is 0.293 e. The molecule has 0 fully saturated rings. The molecule has 6 heteroatoms. The summed E-state index contributed by atoms with van der Waals surface area (Å²) in [6, 6.07) is 20.6. The second-order valence-electron chi connectivity index (χ2n) is 5.85.